The van der Waals surface area contributed by atoms with Crippen LogP contribution in [0, 0.1) is 0 Å². The Bertz CT molecular complexity index is 547. The lowest BCUT2D eigenvalue weighted by atomic mass is 9.96. The van der Waals surface area contributed by atoms with Crippen LogP contribution in [0.1, 0.15) is 62.7 Å². The predicted octanol–water partition coefficient (Wildman–Crippen LogP) is 2.90. The summed E-state index contributed by atoms with van der Waals surface area (Å²) in [5, 5.41) is 12.7. The lowest BCUT2D eigenvalue weighted by Gasteiger charge is -2.18. The van der Waals surface area contributed by atoms with Crippen LogP contribution in [0.5, 0.6) is 0 Å². The number of aliphatic imine (C=N–C) groups is 1. The summed E-state index contributed by atoms with van der Waals surface area (Å²) in [4.78, 5) is 24.8. The maximum Gasteiger partial charge on any atom is 0.224 e. The van der Waals surface area contributed by atoms with Crippen LogP contribution < -0.4 is 5.32 Å². The molecule has 22 heavy (non-hydrogen) atoms. The van der Waals surface area contributed by atoms with Gasteiger partial charge in [0.05, 0.1) is 11.7 Å². The summed E-state index contributed by atoms with van der Waals surface area (Å²) in [6.07, 6.45) is 6.39. The van der Waals surface area contributed by atoms with Crippen molar-refractivity contribution in [3.8, 4) is 0 Å². The van der Waals surface area contributed by atoms with E-state index in [-0.39, 0.29) is 11.9 Å². The van der Waals surface area contributed by atoms with Crippen molar-refractivity contribution in [3.05, 3.63) is 11.8 Å². The Balaban J connectivity index is 2.20. The van der Waals surface area contributed by atoms with Crippen LogP contribution in [-0.4, -0.2) is 39.2 Å². The quantitative estimate of drug-likeness (QED) is 0.623. The van der Waals surface area contributed by atoms with Gasteiger partial charge in [-0.15, -0.1) is 0 Å². The topological polar surface area (TPSA) is 87.5 Å². The van der Waals surface area contributed by atoms with Crippen molar-refractivity contribution in [1.29, 1.82) is 0 Å². The smallest absolute Gasteiger partial charge is 0.224 e. The summed E-state index contributed by atoms with van der Waals surface area (Å²) in [5.41, 5.74) is 1.44. The molecule has 1 heterocycles. The van der Waals surface area contributed by atoms with Gasteiger partial charge in [0.25, 0.3) is 0 Å². The molecule has 0 unspecified atom stereocenters. The van der Waals surface area contributed by atoms with Gasteiger partial charge < -0.3 is 10.4 Å². The molecule has 6 nitrogen and oxygen atoms in total. The zero-order valence-electron chi connectivity index (χ0n) is 13.3. The number of ketones is 1. The fraction of sp³-hybridized carbons (Fsp3) is 0.625. The van der Waals surface area contributed by atoms with Crippen LogP contribution in [0.4, 0.5) is 11.8 Å². The average Bonchev–Trinajstić information content (AvgIpc) is 2.50. The monoisotopic (exact) mass is 304 g/mol. The largest absolute Gasteiger partial charge is 0.393 e. The molecule has 120 valence electrons. The highest BCUT2D eigenvalue weighted by atomic mass is 16.3. The molecule has 0 aromatic carbocycles. The lowest BCUT2D eigenvalue weighted by molar-refractivity contribution is 0.101. The van der Waals surface area contributed by atoms with E-state index < -0.39 is 0 Å². The predicted molar refractivity (Wildman–Crippen MR) is 87.0 cm³/mol. The van der Waals surface area contributed by atoms with Crippen LogP contribution in [0.2, 0.25) is 0 Å². The summed E-state index contributed by atoms with van der Waals surface area (Å²) in [6.45, 7) is 4.42. The molecule has 1 aromatic heterocycles. The molecule has 1 fully saturated rings. The van der Waals surface area contributed by atoms with Crippen LogP contribution in [0.15, 0.2) is 11.2 Å². The highest BCUT2D eigenvalue weighted by molar-refractivity contribution is 5.99. The number of hydrogen-bond donors (Lipinski definition) is 2. The van der Waals surface area contributed by atoms with Gasteiger partial charge in [-0.1, -0.05) is 13.3 Å². The van der Waals surface area contributed by atoms with Crippen LogP contribution in [-0.2, 0) is 0 Å². The number of carbonyl (C=O) groups is 1. The second kappa shape index (κ2) is 7.98. The molecular weight excluding hydrogens is 280 g/mol. The minimum Gasteiger partial charge on any atom is -0.393 e. The Morgan fingerprint density at radius 2 is 2.18 bits per heavy atom. The molecule has 0 atom stereocenters. The molecule has 6 heteroatoms. The van der Waals surface area contributed by atoms with Crippen LogP contribution in [0.3, 0.4) is 0 Å². The Kier molecular flexibility index (Phi) is 6.00. The molecule has 2 rings (SSSR count). The van der Waals surface area contributed by atoms with Crippen molar-refractivity contribution in [1.82, 2.24) is 9.97 Å². The minimum atomic E-state index is -0.233. The second-order valence-electron chi connectivity index (χ2n) is 5.68. The Hall–Kier alpha value is -1.82. The van der Waals surface area contributed by atoms with Gasteiger partial charge in [-0.05, 0) is 39.0 Å². The first-order chi connectivity index (χ1) is 10.6. The number of carbonyl (C=O) groups excluding carboxylic acids is 1. The third kappa shape index (κ3) is 4.59. The number of aliphatic hydroxyl groups excluding tert-OH is 1. The standard InChI is InChI=1S/C16H24N4O2/c1-3-4-9-17-16-18-10-14(11(2)21)15(20-16)19-12-5-7-13(22)8-6-12/h10,13,22H,3-9H2,1-2H3,(H,17,18,20). The highest BCUT2D eigenvalue weighted by Crippen LogP contribution is 2.23. The third-order valence-electron chi connectivity index (χ3n) is 3.76. The van der Waals surface area contributed by atoms with E-state index in [1.54, 1.807) is 6.20 Å². The molecule has 0 aliphatic heterocycles. The van der Waals surface area contributed by atoms with Crippen molar-refractivity contribution in [3.63, 3.8) is 0 Å². The number of aliphatic hydroxyl groups is 1. The van der Waals surface area contributed by atoms with E-state index in [1.807, 2.05) is 0 Å². The maximum atomic E-state index is 11.7. The molecule has 1 saturated carbocycles. The summed E-state index contributed by atoms with van der Waals surface area (Å²) in [6, 6.07) is 0. The number of nitrogens with one attached hydrogen (secondary N) is 1. The van der Waals surface area contributed by atoms with Crippen molar-refractivity contribution < 1.29 is 9.90 Å². The molecular formula is C16H24N4O2. The van der Waals surface area contributed by atoms with Gasteiger partial charge in [-0.2, -0.15) is 4.98 Å². The van der Waals surface area contributed by atoms with Gasteiger partial charge in [-0.25, -0.2) is 9.98 Å². The van der Waals surface area contributed by atoms with Gasteiger partial charge in [0.2, 0.25) is 5.95 Å². The maximum absolute atomic E-state index is 11.7. The molecule has 0 amide bonds. The number of anilines is 1. The lowest BCUT2D eigenvalue weighted by Crippen LogP contribution is -2.18. The SMILES string of the molecule is CCCCNc1ncc(C(C)=O)c(N=C2CCC(O)CC2)n1. The number of rotatable bonds is 6. The van der Waals surface area contributed by atoms with E-state index >= 15 is 0 Å². The van der Waals surface area contributed by atoms with Gasteiger partial charge in [0, 0.05) is 18.5 Å². The summed E-state index contributed by atoms with van der Waals surface area (Å²) < 4.78 is 0. The number of Topliss-reactive ketones (excluding diaryl/α,β-unsaturated/α-hetero) is 1. The van der Waals surface area contributed by atoms with E-state index in [0.717, 1.165) is 50.8 Å². The molecule has 1 aromatic rings. The van der Waals surface area contributed by atoms with E-state index in [9.17, 15) is 9.90 Å². The van der Waals surface area contributed by atoms with Crippen LogP contribution >= 0.6 is 0 Å². The Morgan fingerprint density at radius 3 is 2.82 bits per heavy atom. The third-order valence-corrected chi connectivity index (χ3v) is 3.76. The number of hydrogen-bond acceptors (Lipinski definition) is 6. The van der Waals surface area contributed by atoms with E-state index in [2.05, 4.69) is 27.2 Å². The first kappa shape index (κ1) is 16.5. The number of aromatic nitrogens is 2. The Morgan fingerprint density at radius 1 is 1.45 bits per heavy atom. The fourth-order valence-electron chi connectivity index (χ4n) is 2.37. The summed E-state index contributed by atoms with van der Waals surface area (Å²) in [7, 11) is 0. The molecule has 0 saturated heterocycles. The average molecular weight is 304 g/mol. The highest BCUT2D eigenvalue weighted by Gasteiger charge is 2.17. The first-order valence-electron chi connectivity index (χ1n) is 7.96. The number of unbranched alkanes of at least 4 members (excludes halogenated alkanes) is 1. The van der Waals surface area contributed by atoms with Crippen molar-refractivity contribution in [2.24, 2.45) is 4.99 Å². The summed E-state index contributed by atoms with van der Waals surface area (Å²) >= 11 is 0. The first-order valence-corrected chi connectivity index (χ1v) is 7.96. The van der Waals surface area contributed by atoms with Gasteiger partial charge in [-0.3, -0.25) is 4.79 Å². The molecule has 1 aliphatic carbocycles. The normalized spacial score (nSPS) is 18.1. The second-order valence-corrected chi connectivity index (χ2v) is 5.68. The zero-order valence-corrected chi connectivity index (χ0v) is 13.3. The van der Waals surface area contributed by atoms with Gasteiger partial charge >= 0.3 is 0 Å². The fourth-order valence-corrected chi connectivity index (χ4v) is 2.37. The van der Waals surface area contributed by atoms with Crippen molar-refractivity contribution in [2.45, 2.75) is 58.5 Å². The van der Waals surface area contributed by atoms with E-state index in [4.69, 9.17) is 0 Å². The molecule has 1 aliphatic rings. The minimum absolute atomic E-state index is 0.0877. The summed E-state index contributed by atoms with van der Waals surface area (Å²) in [5.74, 6) is 0.858. The molecule has 2 N–H and O–H groups in total. The van der Waals surface area contributed by atoms with Crippen LogP contribution in [0.25, 0.3) is 0 Å². The van der Waals surface area contributed by atoms with Crippen molar-refractivity contribution >= 4 is 23.3 Å². The van der Waals surface area contributed by atoms with Gasteiger partial charge in [0.15, 0.2) is 11.6 Å². The van der Waals surface area contributed by atoms with Crippen molar-refractivity contribution in [2.75, 3.05) is 11.9 Å². The van der Waals surface area contributed by atoms with E-state index in [1.165, 1.54) is 6.92 Å². The molecule has 0 radical (unpaired) electrons. The molecule has 0 spiro atoms. The Labute approximate surface area is 131 Å². The molecule has 0 bridgehead atoms. The zero-order chi connectivity index (χ0) is 15.9. The van der Waals surface area contributed by atoms with Gasteiger partial charge in [0.1, 0.15) is 0 Å². The van der Waals surface area contributed by atoms with E-state index in [0.29, 0.717) is 17.3 Å². The number of nitrogens with zero attached hydrogens (tertiary/aromatic N) is 3.